The van der Waals surface area contributed by atoms with Crippen LogP contribution in [0.15, 0.2) is 0 Å². The van der Waals surface area contributed by atoms with Crippen LogP contribution in [0, 0.1) is 11.8 Å². The Labute approximate surface area is 37.4 Å². The summed E-state index contributed by atoms with van der Waals surface area (Å²) in [5.74, 6) is 5.08. The van der Waals surface area contributed by atoms with E-state index in [2.05, 4.69) is 11.8 Å². The molecule has 0 aliphatic heterocycles. The second-order valence-corrected chi connectivity index (χ2v) is 0.748. The fourth-order valence-corrected chi connectivity index (χ4v) is 0.124. The van der Waals surface area contributed by atoms with E-state index in [-0.39, 0.29) is 6.42 Å². The van der Waals surface area contributed by atoms with Crippen LogP contribution in [0.3, 0.4) is 0 Å². The molecule has 0 unspecified atom stereocenters. The van der Waals surface area contributed by atoms with Crippen LogP contribution in [0.2, 0.25) is 0 Å². The van der Waals surface area contributed by atoms with Crippen LogP contribution in [-0.4, -0.2) is 6.29 Å². The van der Waals surface area contributed by atoms with Crippen molar-refractivity contribution < 1.29 is 4.79 Å². The highest BCUT2D eigenvalue weighted by atomic mass is 16.1. The molecule has 0 heterocycles. The lowest BCUT2D eigenvalue weighted by Gasteiger charge is -1.57. The highest BCUT2D eigenvalue weighted by Gasteiger charge is 1.64. The Morgan fingerprint density at radius 3 is 2.50 bits per heavy atom. The standard InChI is InChI=1S/C5H5O/c1-2-3-4-5-6/h4H2,1H3. The second kappa shape index (κ2) is 4.23. The maximum absolute atomic E-state index is 9.34. The molecule has 0 aliphatic carbocycles. The van der Waals surface area contributed by atoms with Gasteiger partial charge in [-0.2, -0.15) is 0 Å². The molecule has 0 spiro atoms. The first-order valence-electron chi connectivity index (χ1n) is 1.66. The van der Waals surface area contributed by atoms with Gasteiger partial charge in [0.25, 0.3) is 0 Å². The molecule has 0 aromatic rings. The Hall–Kier alpha value is -0.770. The molecule has 0 amide bonds. The van der Waals surface area contributed by atoms with E-state index in [1.54, 1.807) is 13.2 Å². The van der Waals surface area contributed by atoms with Crippen molar-refractivity contribution in [3.8, 4) is 11.8 Å². The first kappa shape index (κ1) is 5.23. The van der Waals surface area contributed by atoms with E-state index in [0.29, 0.717) is 0 Å². The summed E-state index contributed by atoms with van der Waals surface area (Å²) in [5, 5.41) is 0. The summed E-state index contributed by atoms with van der Waals surface area (Å²) in [5.41, 5.74) is 0. The molecule has 0 aromatic carbocycles. The van der Waals surface area contributed by atoms with E-state index in [4.69, 9.17) is 0 Å². The summed E-state index contributed by atoms with van der Waals surface area (Å²) in [7, 11) is 0. The van der Waals surface area contributed by atoms with Gasteiger partial charge in [-0.3, -0.25) is 4.79 Å². The van der Waals surface area contributed by atoms with Crippen molar-refractivity contribution in [2.75, 3.05) is 0 Å². The van der Waals surface area contributed by atoms with Gasteiger partial charge in [-0.1, -0.05) is 5.92 Å². The summed E-state index contributed by atoms with van der Waals surface area (Å²) >= 11 is 0. The van der Waals surface area contributed by atoms with E-state index < -0.39 is 0 Å². The zero-order valence-electron chi connectivity index (χ0n) is 3.62. The van der Waals surface area contributed by atoms with Crippen LogP contribution in [0.25, 0.3) is 0 Å². The first-order valence-corrected chi connectivity index (χ1v) is 1.66. The minimum absolute atomic E-state index is 0.247. The number of hydrogen-bond donors (Lipinski definition) is 0. The molecule has 0 rings (SSSR count). The average Bonchev–Trinajstić information content (AvgIpc) is 1.61. The lowest BCUT2D eigenvalue weighted by atomic mass is 10.5. The SMILES string of the molecule is CC#CC[C]=O. The Balaban J connectivity index is 3.00. The smallest absolute Gasteiger partial charge is 0.211 e. The highest BCUT2D eigenvalue weighted by molar-refractivity contribution is 5.54. The van der Waals surface area contributed by atoms with Crippen molar-refractivity contribution >= 4 is 6.29 Å². The molecular weight excluding hydrogens is 76.1 g/mol. The molecule has 0 atom stereocenters. The minimum Gasteiger partial charge on any atom is -0.290 e. The monoisotopic (exact) mass is 81.0 g/mol. The normalized spacial score (nSPS) is 5.50. The van der Waals surface area contributed by atoms with Gasteiger partial charge in [0.1, 0.15) is 0 Å². The topological polar surface area (TPSA) is 17.1 Å². The van der Waals surface area contributed by atoms with Gasteiger partial charge < -0.3 is 0 Å². The summed E-state index contributed by atoms with van der Waals surface area (Å²) in [4.78, 5) is 9.34. The molecule has 1 radical (unpaired) electrons. The lowest BCUT2D eigenvalue weighted by Crippen LogP contribution is -1.62. The molecule has 0 bridgehead atoms. The number of rotatable bonds is 1. The van der Waals surface area contributed by atoms with Crippen LogP contribution in [-0.2, 0) is 4.79 Å². The van der Waals surface area contributed by atoms with Crippen LogP contribution in [0.4, 0.5) is 0 Å². The van der Waals surface area contributed by atoms with Crippen molar-refractivity contribution in [3.63, 3.8) is 0 Å². The number of carbonyl (C=O) groups excluding carboxylic acids is 1. The van der Waals surface area contributed by atoms with E-state index in [9.17, 15) is 4.79 Å². The fourth-order valence-electron chi connectivity index (χ4n) is 0.124. The summed E-state index contributed by atoms with van der Waals surface area (Å²) in [6, 6.07) is 0. The lowest BCUT2D eigenvalue weighted by molar-refractivity contribution is 0.556. The second-order valence-electron chi connectivity index (χ2n) is 0.748. The van der Waals surface area contributed by atoms with Crippen molar-refractivity contribution in [1.29, 1.82) is 0 Å². The quantitative estimate of drug-likeness (QED) is 0.420. The molecule has 31 valence electrons. The third-order valence-electron chi connectivity index (χ3n) is 0.337. The largest absolute Gasteiger partial charge is 0.290 e. The van der Waals surface area contributed by atoms with Crippen LogP contribution in [0.1, 0.15) is 13.3 Å². The van der Waals surface area contributed by atoms with E-state index in [1.165, 1.54) is 0 Å². The molecule has 0 aromatic heterocycles. The summed E-state index contributed by atoms with van der Waals surface area (Å²) < 4.78 is 0. The van der Waals surface area contributed by atoms with Gasteiger partial charge in [-0.15, -0.1) is 5.92 Å². The van der Waals surface area contributed by atoms with Gasteiger partial charge in [-0.05, 0) is 6.92 Å². The zero-order chi connectivity index (χ0) is 4.83. The molecule has 1 heteroatoms. The molecule has 1 nitrogen and oxygen atoms in total. The first-order chi connectivity index (χ1) is 2.91. The third kappa shape index (κ3) is 3.23. The maximum Gasteiger partial charge on any atom is 0.211 e. The third-order valence-corrected chi connectivity index (χ3v) is 0.337. The predicted molar refractivity (Wildman–Crippen MR) is 23.8 cm³/mol. The number of hydrogen-bond acceptors (Lipinski definition) is 1. The molecule has 0 N–H and O–H groups in total. The van der Waals surface area contributed by atoms with Gasteiger partial charge in [0.2, 0.25) is 6.29 Å². The molecule has 6 heavy (non-hydrogen) atoms. The minimum atomic E-state index is 0.247. The summed E-state index contributed by atoms with van der Waals surface area (Å²) in [6.07, 6.45) is 1.89. The van der Waals surface area contributed by atoms with Crippen LogP contribution < -0.4 is 0 Å². The molecular formula is C5H5O. The van der Waals surface area contributed by atoms with Gasteiger partial charge in [0.15, 0.2) is 0 Å². The van der Waals surface area contributed by atoms with Gasteiger partial charge in [0.05, 0.1) is 6.42 Å². The molecule has 0 fully saturated rings. The molecule has 0 saturated heterocycles. The van der Waals surface area contributed by atoms with E-state index >= 15 is 0 Å². The van der Waals surface area contributed by atoms with Crippen LogP contribution in [0.5, 0.6) is 0 Å². The Morgan fingerprint density at radius 1 is 1.67 bits per heavy atom. The molecule has 0 aliphatic rings. The average molecular weight is 81.1 g/mol. The zero-order valence-corrected chi connectivity index (χ0v) is 3.62. The van der Waals surface area contributed by atoms with E-state index in [0.717, 1.165) is 0 Å². The molecule has 0 saturated carbocycles. The summed E-state index contributed by atoms with van der Waals surface area (Å²) in [6.45, 7) is 1.69. The van der Waals surface area contributed by atoms with Gasteiger partial charge in [-0.25, -0.2) is 0 Å². The van der Waals surface area contributed by atoms with Crippen molar-refractivity contribution in [2.45, 2.75) is 13.3 Å². The fraction of sp³-hybridized carbons (Fsp3) is 0.400. The van der Waals surface area contributed by atoms with Crippen molar-refractivity contribution in [3.05, 3.63) is 0 Å². The van der Waals surface area contributed by atoms with Crippen LogP contribution >= 0.6 is 0 Å². The van der Waals surface area contributed by atoms with Gasteiger partial charge in [0, 0.05) is 0 Å². The highest BCUT2D eigenvalue weighted by Crippen LogP contribution is 1.60. The van der Waals surface area contributed by atoms with E-state index in [1.807, 2.05) is 0 Å². The van der Waals surface area contributed by atoms with Gasteiger partial charge >= 0.3 is 0 Å². The van der Waals surface area contributed by atoms with Crippen molar-refractivity contribution in [1.82, 2.24) is 0 Å². The maximum atomic E-state index is 9.34. The Bertz CT molecular complexity index is 83.8. The van der Waals surface area contributed by atoms with Crippen molar-refractivity contribution in [2.24, 2.45) is 0 Å². The Kier molecular flexibility index (Phi) is 3.69. The predicted octanol–water partition coefficient (Wildman–Crippen LogP) is 0.510. The Morgan fingerprint density at radius 2 is 2.33 bits per heavy atom.